The van der Waals surface area contributed by atoms with Crippen LogP contribution in [-0.4, -0.2) is 44.0 Å². The molecule has 8 nitrogen and oxygen atoms in total. The molecule has 2 rings (SSSR count). The number of primary sulfonamides is 1. The summed E-state index contributed by atoms with van der Waals surface area (Å²) in [6.07, 6.45) is 0. The Hall–Kier alpha value is -1.97. The van der Waals surface area contributed by atoms with Gasteiger partial charge in [-0.2, -0.15) is 0 Å². The first-order chi connectivity index (χ1) is 9.99. The molecule has 1 aromatic heterocycles. The van der Waals surface area contributed by atoms with Crippen LogP contribution >= 0.6 is 0 Å². The molecule has 0 aliphatic rings. The highest BCUT2D eigenvalue weighted by molar-refractivity contribution is 7.89. The fourth-order valence-electron chi connectivity index (χ4n) is 1.91. The van der Waals surface area contributed by atoms with Gasteiger partial charge in [-0.1, -0.05) is 12.1 Å². The van der Waals surface area contributed by atoms with Crippen molar-refractivity contribution in [2.45, 2.75) is 11.7 Å². The first-order valence-corrected chi connectivity index (χ1v) is 7.62. The van der Waals surface area contributed by atoms with Crippen LogP contribution < -0.4 is 9.88 Å². The van der Waals surface area contributed by atoms with E-state index < -0.39 is 10.0 Å². The highest BCUT2D eigenvalue weighted by atomic mass is 32.2. The highest BCUT2D eigenvalue weighted by Crippen LogP contribution is 2.29. The molecule has 1 aromatic carbocycles. The number of nitrogens with two attached hydrogens (primary N) is 1. The zero-order valence-electron chi connectivity index (χ0n) is 11.7. The average Bonchev–Trinajstić information content (AvgIpc) is 2.88. The molecule has 0 spiro atoms. The summed E-state index contributed by atoms with van der Waals surface area (Å²) < 4.78 is 34.8. The van der Waals surface area contributed by atoms with Crippen LogP contribution in [0.5, 0.6) is 5.75 Å². The van der Waals surface area contributed by atoms with E-state index in [1.54, 1.807) is 24.3 Å². The number of ether oxygens (including phenoxy) is 2. The van der Waals surface area contributed by atoms with E-state index in [0.717, 1.165) is 0 Å². The van der Waals surface area contributed by atoms with Crippen molar-refractivity contribution >= 4 is 10.0 Å². The van der Waals surface area contributed by atoms with Crippen LogP contribution in [0.25, 0.3) is 11.4 Å². The Labute approximate surface area is 122 Å². The van der Waals surface area contributed by atoms with E-state index >= 15 is 0 Å². The normalized spacial score (nSPS) is 11.6. The molecule has 0 saturated carbocycles. The topological polar surface area (TPSA) is 109 Å². The third kappa shape index (κ3) is 3.20. The lowest BCUT2D eigenvalue weighted by Crippen LogP contribution is -2.20. The van der Waals surface area contributed by atoms with Crippen molar-refractivity contribution in [2.75, 3.05) is 20.8 Å². The van der Waals surface area contributed by atoms with E-state index in [4.69, 9.17) is 14.6 Å². The van der Waals surface area contributed by atoms with Crippen LogP contribution in [0.3, 0.4) is 0 Å². The van der Waals surface area contributed by atoms with Gasteiger partial charge in [0.25, 0.3) is 15.2 Å². The standard InChI is InChI=1S/C12H16N4O4S/c1-19-8-7-16-11(14-15-12(16)21(13,17)18)9-5-3-4-6-10(9)20-2/h3-6H,7-8H2,1-2H3,(H2,13,17,18). The minimum atomic E-state index is -3.98. The summed E-state index contributed by atoms with van der Waals surface area (Å²) in [5, 5.41) is 12.5. The zero-order chi connectivity index (χ0) is 15.5. The number of para-hydroxylation sites is 1. The molecule has 21 heavy (non-hydrogen) atoms. The number of aromatic nitrogens is 3. The molecule has 0 atom stereocenters. The van der Waals surface area contributed by atoms with Gasteiger partial charge < -0.3 is 9.47 Å². The molecule has 0 unspecified atom stereocenters. The van der Waals surface area contributed by atoms with Crippen molar-refractivity contribution in [3.8, 4) is 17.1 Å². The third-order valence-corrected chi connectivity index (χ3v) is 3.65. The van der Waals surface area contributed by atoms with E-state index in [1.165, 1.54) is 18.8 Å². The monoisotopic (exact) mass is 312 g/mol. The Morgan fingerprint density at radius 2 is 1.95 bits per heavy atom. The molecule has 0 radical (unpaired) electrons. The van der Waals surface area contributed by atoms with Gasteiger partial charge in [0.05, 0.1) is 25.8 Å². The van der Waals surface area contributed by atoms with E-state index in [1.807, 2.05) is 0 Å². The predicted octanol–water partition coefficient (Wildman–Crippen LogP) is 0.248. The van der Waals surface area contributed by atoms with Gasteiger partial charge >= 0.3 is 0 Å². The molecule has 0 aliphatic heterocycles. The summed E-state index contributed by atoms with van der Waals surface area (Å²) in [5.74, 6) is 0.915. The number of benzene rings is 1. The predicted molar refractivity (Wildman–Crippen MR) is 75.3 cm³/mol. The second-order valence-electron chi connectivity index (χ2n) is 4.20. The van der Waals surface area contributed by atoms with E-state index in [2.05, 4.69) is 10.2 Å². The third-order valence-electron chi connectivity index (χ3n) is 2.84. The molecule has 0 amide bonds. The zero-order valence-corrected chi connectivity index (χ0v) is 12.5. The summed E-state index contributed by atoms with van der Waals surface area (Å²) in [7, 11) is -0.937. The molecule has 0 aliphatic carbocycles. The number of hydrogen-bond donors (Lipinski definition) is 1. The van der Waals surface area contributed by atoms with E-state index in [-0.39, 0.29) is 11.7 Å². The fraction of sp³-hybridized carbons (Fsp3) is 0.333. The molecule has 0 bridgehead atoms. The lowest BCUT2D eigenvalue weighted by molar-refractivity contribution is 0.185. The Balaban J connectivity index is 2.61. The van der Waals surface area contributed by atoms with Crippen molar-refractivity contribution in [2.24, 2.45) is 5.14 Å². The first kappa shape index (κ1) is 15.4. The largest absolute Gasteiger partial charge is 0.496 e. The van der Waals surface area contributed by atoms with Gasteiger partial charge in [0, 0.05) is 7.11 Å². The molecule has 2 aromatic rings. The summed E-state index contributed by atoms with van der Waals surface area (Å²) >= 11 is 0. The van der Waals surface area contributed by atoms with Gasteiger partial charge in [0.2, 0.25) is 0 Å². The van der Waals surface area contributed by atoms with E-state index in [0.29, 0.717) is 23.7 Å². The number of hydrogen-bond acceptors (Lipinski definition) is 6. The molecule has 0 saturated heterocycles. The van der Waals surface area contributed by atoms with Crippen LogP contribution in [0.1, 0.15) is 0 Å². The SMILES string of the molecule is COCCn1c(-c2ccccc2OC)nnc1S(N)(=O)=O. The maximum Gasteiger partial charge on any atom is 0.273 e. The maximum atomic E-state index is 11.6. The van der Waals surface area contributed by atoms with Crippen molar-refractivity contribution < 1.29 is 17.9 Å². The minimum absolute atomic E-state index is 0.253. The molecule has 114 valence electrons. The van der Waals surface area contributed by atoms with Crippen LogP contribution in [0.4, 0.5) is 0 Å². The van der Waals surface area contributed by atoms with Crippen molar-refractivity contribution in [3.05, 3.63) is 24.3 Å². The Morgan fingerprint density at radius 1 is 1.24 bits per heavy atom. The quantitative estimate of drug-likeness (QED) is 0.818. The van der Waals surface area contributed by atoms with Crippen LogP contribution in [0.15, 0.2) is 29.4 Å². The fourth-order valence-corrected chi connectivity index (χ4v) is 2.55. The number of methoxy groups -OCH3 is 2. The minimum Gasteiger partial charge on any atom is -0.496 e. The van der Waals surface area contributed by atoms with Crippen molar-refractivity contribution in [1.29, 1.82) is 0 Å². The molecular formula is C12H16N4O4S. The van der Waals surface area contributed by atoms with Gasteiger partial charge in [-0.05, 0) is 12.1 Å². The van der Waals surface area contributed by atoms with Crippen LogP contribution in [0.2, 0.25) is 0 Å². The number of rotatable bonds is 6. The molecule has 1 heterocycles. The number of sulfonamides is 1. The van der Waals surface area contributed by atoms with Gasteiger partial charge in [0.15, 0.2) is 5.82 Å². The maximum absolute atomic E-state index is 11.6. The molecule has 2 N–H and O–H groups in total. The second kappa shape index (κ2) is 6.20. The van der Waals surface area contributed by atoms with Gasteiger partial charge in [0.1, 0.15) is 5.75 Å². The summed E-state index contributed by atoms with van der Waals surface area (Å²) in [6.45, 7) is 0.547. The van der Waals surface area contributed by atoms with Crippen molar-refractivity contribution in [1.82, 2.24) is 14.8 Å². The number of nitrogens with zero attached hydrogens (tertiary/aromatic N) is 3. The molecule has 9 heteroatoms. The summed E-state index contributed by atoms with van der Waals surface area (Å²) in [6, 6.07) is 7.11. The highest BCUT2D eigenvalue weighted by Gasteiger charge is 2.23. The van der Waals surface area contributed by atoms with Crippen LogP contribution in [-0.2, 0) is 21.3 Å². The Kier molecular flexibility index (Phi) is 4.56. The molecular weight excluding hydrogens is 296 g/mol. The summed E-state index contributed by atoms with van der Waals surface area (Å²) in [5.41, 5.74) is 0.624. The van der Waals surface area contributed by atoms with Gasteiger partial charge in [-0.3, -0.25) is 4.57 Å². The molecule has 0 fully saturated rings. The Morgan fingerprint density at radius 3 is 2.57 bits per heavy atom. The van der Waals surface area contributed by atoms with Gasteiger partial charge in [-0.25, -0.2) is 13.6 Å². The lowest BCUT2D eigenvalue weighted by Gasteiger charge is -2.11. The first-order valence-electron chi connectivity index (χ1n) is 6.07. The second-order valence-corrected chi connectivity index (χ2v) is 5.65. The van der Waals surface area contributed by atoms with E-state index in [9.17, 15) is 8.42 Å². The Bertz CT molecular complexity index is 727. The lowest BCUT2D eigenvalue weighted by atomic mass is 10.2. The van der Waals surface area contributed by atoms with Crippen molar-refractivity contribution in [3.63, 3.8) is 0 Å². The summed E-state index contributed by atoms with van der Waals surface area (Å²) in [4.78, 5) is 0. The van der Waals surface area contributed by atoms with Crippen LogP contribution in [0, 0.1) is 0 Å². The van der Waals surface area contributed by atoms with Gasteiger partial charge in [-0.15, -0.1) is 10.2 Å². The average molecular weight is 312 g/mol. The smallest absolute Gasteiger partial charge is 0.273 e.